The topological polar surface area (TPSA) is 134 Å². The first-order chi connectivity index (χ1) is 19.4. The normalized spacial score (nSPS) is 17.4. The van der Waals surface area contributed by atoms with Crippen molar-refractivity contribution < 1.29 is 24.6 Å². The number of aliphatic hydroxyl groups excluding tert-OH is 1. The van der Waals surface area contributed by atoms with Crippen LogP contribution in [0.1, 0.15) is 36.0 Å². The van der Waals surface area contributed by atoms with Crippen molar-refractivity contribution in [3.8, 4) is 0 Å². The Morgan fingerprint density at radius 2 is 1.25 bits per heavy atom. The van der Waals surface area contributed by atoms with Gasteiger partial charge >= 0.3 is 6.09 Å². The molecule has 10 heteroatoms. The Balaban J connectivity index is 1.12. The molecule has 2 aliphatic rings. The number of carbonyl (C=O) groups excluding carboxylic acids is 2. The van der Waals surface area contributed by atoms with Gasteiger partial charge in [-0.3, -0.25) is 14.5 Å². The molecule has 2 heterocycles. The van der Waals surface area contributed by atoms with Crippen LogP contribution >= 0.6 is 0 Å². The molecule has 10 nitrogen and oxygen atoms in total. The lowest BCUT2D eigenvalue weighted by Gasteiger charge is -2.31. The lowest BCUT2D eigenvalue weighted by molar-refractivity contribution is -0.119. The second-order valence-electron chi connectivity index (χ2n) is 10.1. The molecule has 3 aromatic carbocycles. The van der Waals surface area contributed by atoms with E-state index in [1.165, 1.54) is 4.90 Å². The summed E-state index contributed by atoms with van der Waals surface area (Å²) in [7, 11) is 0. The van der Waals surface area contributed by atoms with Gasteiger partial charge in [-0.05, 0) is 98.5 Å². The van der Waals surface area contributed by atoms with Crippen LogP contribution in [0.25, 0.3) is 0 Å². The molecule has 0 aliphatic carbocycles. The number of piperidine rings is 1. The summed E-state index contributed by atoms with van der Waals surface area (Å²) in [6, 6.07) is 21.4. The third-order valence-electron chi connectivity index (χ3n) is 7.34. The number of nitrogens with zero attached hydrogens (tertiary/aromatic N) is 2. The SMILES string of the molecule is O=C(Nc1ccc(Nc2ccc(NC(=O)C3CCCN3C(=O)O)cc2)cc1)c1ccc(N2CCC(O)CC2)cc1. The summed E-state index contributed by atoms with van der Waals surface area (Å²) in [4.78, 5) is 40.0. The number of hydrogen-bond donors (Lipinski definition) is 5. The number of benzene rings is 3. The zero-order chi connectivity index (χ0) is 28.1. The Bertz CT molecular complexity index is 1340. The molecule has 1 atom stereocenters. The van der Waals surface area contributed by atoms with E-state index in [0.29, 0.717) is 36.3 Å². The zero-order valence-electron chi connectivity index (χ0n) is 22.0. The van der Waals surface area contributed by atoms with Gasteiger partial charge in [0.2, 0.25) is 5.91 Å². The molecule has 0 bridgehead atoms. The number of likely N-dealkylation sites (tertiary alicyclic amines) is 1. The van der Waals surface area contributed by atoms with Crippen LogP contribution in [0.3, 0.4) is 0 Å². The van der Waals surface area contributed by atoms with E-state index in [1.807, 2.05) is 60.7 Å². The van der Waals surface area contributed by atoms with Crippen LogP contribution in [-0.2, 0) is 4.79 Å². The van der Waals surface area contributed by atoms with Crippen molar-refractivity contribution in [3.05, 3.63) is 78.4 Å². The van der Waals surface area contributed by atoms with Crippen LogP contribution in [0.2, 0.25) is 0 Å². The summed E-state index contributed by atoms with van der Waals surface area (Å²) in [6.07, 6.45) is 1.41. The minimum Gasteiger partial charge on any atom is -0.465 e. The third-order valence-corrected chi connectivity index (χ3v) is 7.34. The fourth-order valence-corrected chi connectivity index (χ4v) is 5.09. The Kier molecular flexibility index (Phi) is 8.16. The maximum atomic E-state index is 12.7. The molecule has 3 amide bonds. The molecule has 208 valence electrons. The standard InChI is InChI=1S/C30H33N5O5/c36-26-15-18-34(19-16-26)25-13-3-20(4-14-25)28(37)32-23-9-5-21(6-10-23)31-22-7-11-24(12-8-22)33-29(38)27-2-1-17-35(27)30(39)40/h3-14,26-27,31,36H,1-2,15-19H2,(H,32,37)(H,33,38)(H,39,40). The molecule has 0 spiro atoms. The van der Waals surface area contributed by atoms with E-state index in [4.69, 9.17) is 0 Å². The molecule has 2 aliphatic heterocycles. The average molecular weight is 544 g/mol. The van der Waals surface area contributed by atoms with Crippen molar-refractivity contribution in [1.82, 2.24) is 4.90 Å². The number of aliphatic hydroxyl groups is 1. The van der Waals surface area contributed by atoms with Gasteiger partial charge in [0.25, 0.3) is 5.91 Å². The summed E-state index contributed by atoms with van der Waals surface area (Å²) in [5, 5.41) is 27.9. The Labute approximate surface area is 232 Å². The molecule has 3 aromatic rings. The smallest absolute Gasteiger partial charge is 0.407 e. The maximum absolute atomic E-state index is 12.7. The van der Waals surface area contributed by atoms with Crippen molar-refractivity contribution in [2.75, 3.05) is 40.5 Å². The molecule has 0 saturated carbocycles. The number of carboxylic acid groups (broad SMARTS) is 1. The number of carbonyl (C=O) groups is 3. The van der Waals surface area contributed by atoms with Gasteiger partial charge in [0.1, 0.15) is 6.04 Å². The van der Waals surface area contributed by atoms with E-state index in [0.717, 1.165) is 43.0 Å². The van der Waals surface area contributed by atoms with Gasteiger partial charge in [0, 0.05) is 53.6 Å². The summed E-state index contributed by atoms with van der Waals surface area (Å²) in [5.74, 6) is -0.514. The van der Waals surface area contributed by atoms with E-state index in [-0.39, 0.29) is 17.9 Å². The first-order valence-electron chi connectivity index (χ1n) is 13.5. The van der Waals surface area contributed by atoms with Gasteiger partial charge in [-0.15, -0.1) is 0 Å². The van der Waals surface area contributed by atoms with Gasteiger partial charge in [-0.2, -0.15) is 0 Å². The van der Waals surface area contributed by atoms with Crippen LogP contribution in [0.4, 0.5) is 33.2 Å². The summed E-state index contributed by atoms with van der Waals surface area (Å²) < 4.78 is 0. The van der Waals surface area contributed by atoms with E-state index < -0.39 is 12.1 Å². The highest BCUT2D eigenvalue weighted by Crippen LogP contribution is 2.24. The predicted octanol–water partition coefficient (Wildman–Crippen LogP) is 4.72. The molecule has 40 heavy (non-hydrogen) atoms. The van der Waals surface area contributed by atoms with Gasteiger partial charge in [0.05, 0.1) is 6.10 Å². The lowest BCUT2D eigenvalue weighted by atomic mass is 10.1. The number of hydrogen-bond acceptors (Lipinski definition) is 6. The van der Waals surface area contributed by atoms with Gasteiger partial charge in [-0.25, -0.2) is 4.79 Å². The third kappa shape index (κ3) is 6.52. The predicted molar refractivity (Wildman–Crippen MR) is 154 cm³/mol. The van der Waals surface area contributed by atoms with E-state index in [2.05, 4.69) is 20.9 Å². The second-order valence-corrected chi connectivity index (χ2v) is 10.1. The summed E-state index contributed by atoms with van der Waals surface area (Å²) in [5.41, 5.74) is 4.52. The first kappa shape index (κ1) is 27.0. The first-order valence-corrected chi connectivity index (χ1v) is 13.5. The average Bonchev–Trinajstić information content (AvgIpc) is 3.47. The minimum absolute atomic E-state index is 0.192. The van der Waals surface area contributed by atoms with E-state index in [9.17, 15) is 24.6 Å². The highest BCUT2D eigenvalue weighted by molar-refractivity contribution is 6.04. The van der Waals surface area contributed by atoms with Crippen molar-refractivity contribution in [3.63, 3.8) is 0 Å². The largest absolute Gasteiger partial charge is 0.465 e. The van der Waals surface area contributed by atoms with Gasteiger partial charge in [0.15, 0.2) is 0 Å². The summed E-state index contributed by atoms with van der Waals surface area (Å²) >= 11 is 0. The van der Waals surface area contributed by atoms with Crippen LogP contribution in [0.15, 0.2) is 72.8 Å². The maximum Gasteiger partial charge on any atom is 0.407 e. The molecular weight excluding hydrogens is 510 g/mol. The molecule has 0 aromatic heterocycles. The van der Waals surface area contributed by atoms with Gasteiger partial charge in [-0.1, -0.05) is 0 Å². The van der Waals surface area contributed by atoms with Crippen LogP contribution in [0, 0.1) is 0 Å². The van der Waals surface area contributed by atoms with Crippen LogP contribution in [-0.4, -0.2) is 64.8 Å². The molecule has 1 unspecified atom stereocenters. The van der Waals surface area contributed by atoms with Crippen molar-refractivity contribution >= 4 is 46.3 Å². The van der Waals surface area contributed by atoms with E-state index in [1.54, 1.807) is 12.1 Å². The number of rotatable bonds is 7. The Morgan fingerprint density at radius 1 is 0.700 bits per heavy atom. The lowest BCUT2D eigenvalue weighted by Crippen LogP contribution is -2.42. The monoisotopic (exact) mass is 543 g/mol. The zero-order valence-corrected chi connectivity index (χ0v) is 22.0. The van der Waals surface area contributed by atoms with Crippen molar-refractivity contribution in [2.45, 2.75) is 37.8 Å². The fourth-order valence-electron chi connectivity index (χ4n) is 5.09. The highest BCUT2D eigenvalue weighted by Gasteiger charge is 2.34. The summed E-state index contributed by atoms with van der Waals surface area (Å²) in [6.45, 7) is 1.99. The second kappa shape index (κ2) is 12.1. The van der Waals surface area contributed by atoms with E-state index >= 15 is 0 Å². The Hall–Kier alpha value is -4.57. The molecular formula is C30H33N5O5. The van der Waals surface area contributed by atoms with Crippen LogP contribution in [0.5, 0.6) is 0 Å². The highest BCUT2D eigenvalue weighted by atomic mass is 16.4. The Morgan fingerprint density at radius 3 is 1.82 bits per heavy atom. The molecule has 5 N–H and O–H groups in total. The fraction of sp³-hybridized carbons (Fsp3) is 0.300. The molecule has 0 radical (unpaired) electrons. The number of anilines is 5. The number of nitrogens with one attached hydrogen (secondary N) is 3. The van der Waals surface area contributed by atoms with Crippen molar-refractivity contribution in [2.24, 2.45) is 0 Å². The molecule has 2 fully saturated rings. The van der Waals surface area contributed by atoms with Gasteiger partial charge < -0.3 is 31.1 Å². The molecule has 2 saturated heterocycles. The number of amides is 3. The minimum atomic E-state index is -1.08. The van der Waals surface area contributed by atoms with Crippen molar-refractivity contribution in [1.29, 1.82) is 0 Å². The quantitative estimate of drug-likeness (QED) is 0.291. The van der Waals surface area contributed by atoms with Crippen LogP contribution < -0.4 is 20.9 Å². The molecule has 5 rings (SSSR count).